The summed E-state index contributed by atoms with van der Waals surface area (Å²) in [4.78, 5) is 11.5. The Labute approximate surface area is 123 Å². The normalized spacial score (nSPS) is 20.3. The lowest BCUT2D eigenvalue weighted by Crippen LogP contribution is -2.49. The molecule has 1 amide bonds. The SMILES string of the molecule is O=C1Cc2cc(S(=O)(=O)NC3(CO)CCCC3)ccc2N1. The lowest BCUT2D eigenvalue weighted by molar-refractivity contribution is -0.115. The summed E-state index contributed by atoms with van der Waals surface area (Å²) in [5, 5.41) is 12.2. The van der Waals surface area contributed by atoms with Crippen LogP contribution in [-0.4, -0.2) is 31.6 Å². The van der Waals surface area contributed by atoms with E-state index in [0.29, 0.717) is 24.1 Å². The fourth-order valence-corrected chi connectivity index (χ4v) is 4.56. The molecule has 0 atom stereocenters. The Morgan fingerprint density at radius 1 is 1.29 bits per heavy atom. The number of carbonyl (C=O) groups excluding carboxylic acids is 1. The van der Waals surface area contributed by atoms with E-state index in [-0.39, 0.29) is 23.8 Å². The van der Waals surface area contributed by atoms with Crippen LogP contribution in [0.5, 0.6) is 0 Å². The zero-order valence-corrected chi connectivity index (χ0v) is 12.4. The summed E-state index contributed by atoms with van der Waals surface area (Å²) in [6.45, 7) is -0.197. The van der Waals surface area contributed by atoms with Crippen LogP contribution >= 0.6 is 0 Å². The topological polar surface area (TPSA) is 95.5 Å². The first kappa shape index (κ1) is 14.5. The van der Waals surface area contributed by atoms with Crippen LogP contribution in [0.1, 0.15) is 31.2 Å². The first-order chi connectivity index (χ1) is 9.94. The Morgan fingerprint density at radius 2 is 2.00 bits per heavy atom. The van der Waals surface area contributed by atoms with Gasteiger partial charge in [-0.1, -0.05) is 12.8 Å². The highest BCUT2D eigenvalue weighted by Gasteiger charge is 2.37. The Hall–Kier alpha value is -1.44. The molecule has 0 bridgehead atoms. The lowest BCUT2D eigenvalue weighted by atomic mass is 10.0. The minimum absolute atomic E-state index is 0.130. The molecule has 1 aliphatic carbocycles. The van der Waals surface area contributed by atoms with Crippen molar-refractivity contribution in [2.75, 3.05) is 11.9 Å². The molecule has 2 aliphatic rings. The number of hydrogen-bond acceptors (Lipinski definition) is 4. The van der Waals surface area contributed by atoms with E-state index in [1.165, 1.54) is 12.1 Å². The van der Waals surface area contributed by atoms with Crippen LogP contribution in [0.3, 0.4) is 0 Å². The van der Waals surface area contributed by atoms with E-state index >= 15 is 0 Å². The van der Waals surface area contributed by atoms with Crippen LogP contribution in [0.25, 0.3) is 0 Å². The molecule has 1 heterocycles. The van der Waals surface area contributed by atoms with Gasteiger partial charge in [-0.2, -0.15) is 0 Å². The molecule has 0 spiro atoms. The summed E-state index contributed by atoms with van der Waals surface area (Å²) in [5.74, 6) is -0.130. The number of hydrogen-bond donors (Lipinski definition) is 3. The Balaban J connectivity index is 1.89. The molecule has 7 heteroatoms. The largest absolute Gasteiger partial charge is 0.394 e. The Bertz CT molecular complexity index is 678. The molecule has 1 aromatic carbocycles. The molecule has 0 saturated heterocycles. The van der Waals surface area contributed by atoms with Crippen LogP contribution in [0, 0.1) is 0 Å². The molecule has 1 fully saturated rings. The second-order valence-electron chi connectivity index (χ2n) is 5.79. The molecular weight excluding hydrogens is 292 g/mol. The molecule has 0 aromatic heterocycles. The third-order valence-electron chi connectivity index (χ3n) is 4.23. The first-order valence-corrected chi connectivity index (χ1v) is 8.50. The molecule has 0 radical (unpaired) electrons. The predicted molar refractivity (Wildman–Crippen MR) is 77.4 cm³/mol. The summed E-state index contributed by atoms with van der Waals surface area (Å²) in [7, 11) is -3.70. The number of carbonyl (C=O) groups is 1. The van der Waals surface area contributed by atoms with Crippen LogP contribution in [0.4, 0.5) is 5.69 Å². The quantitative estimate of drug-likeness (QED) is 0.765. The highest BCUT2D eigenvalue weighted by molar-refractivity contribution is 7.89. The van der Waals surface area contributed by atoms with Crippen molar-refractivity contribution in [1.29, 1.82) is 0 Å². The van der Waals surface area contributed by atoms with Gasteiger partial charge in [-0.05, 0) is 36.6 Å². The zero-order chi connectivity index (χ0) is 15.1. The van der Waals surface area contributed by atoms with Gasteiger partial charge in [-0.3, -0.25) is 4.79 Å². The van der Waals surface area contributed by atoms with Gasteiger partial charge in [0.1, 0.15) is 0 Å². The lowest BCUT2D eigenvalue weighted by Gasteiger charge is -2.27. The van der Waals surface area contributed by atoms with Crippen molar-refractivity contribution in [3.05, 3.63) is 23.8 Å². The second kappa shape index (κ2) is 5.08. The number of anilines is 1. The highest BCUT2D eigenvalue weighted by atomic mass is 32.2. The first-order valence-electron chi connectivity index (χ1n) is 7.02. The number of sulfonamides is 1. The number of rotatable bonds is 4. The third kappa shape index (κ3) is 2.68. The van der Waals surface area contributed by atoms with Gasteiger partial charge in [0.25, 0.3) is 0 Å². The monoisotopic (exact) mass is 310 g/mol. The molecule has 1 aromatic rings. The molecular formula is C14H18N2O4S. The predicted octanol–water partition coefficient (Wildman–Crippen LogP) is 0.765. The van der Waals surface area contributed by atoms with Crippen molar-refractivity contribution >= 4 is 21.6 Å². The number of nitrogens with one attached hydrogen (secondary N) is 2. The molecule has 0 unspecified atom stereocenters. The van der Waals surface area contributed by atoms with E-state index in [2.05, 4.69) is 10.0 Å². The highest BCUT2D eigenvalue weighted by Crippen LogP contribution is 2.32. The molecule has 1 aliphatic heterocycles. The summed E-state index contributed by atoms with van der Waals surface area (Å²) < 4.78 is 27.7. The minimum Gasteiger partial charge on any atom is -0.394 e. The van der Waals surface area contributed by atoms with Crippen molar-refractivity contribution < 1.29 is 18.3 Å². The minimum atomic E-state index is -3.70. The summed E-state index contributed by atoms with van der Waals surface area (Å²) in [6.07, 6.45) is 3.31. The van der Waals surface area contributed by atoms with E-state index in [9.17, 15) is 18.3 Å². The average Bonchev–Trinajstić information content (AvgIpc) is 3.03. The van der Waals surface area contributed by atoms with Gasteiger partial charge >= 0.3 is 0 Å². The fraction of sp³-hybridized carbons (Fsp3) is 0.500. The Kier molecular flexibility index (Phi) is 3.51. The summed E-state index contributed by atoms with van der Waals surface area (Å²) >= 11 is 0. The molecule has 21 heavy (non-hydrogen) atoms. The van der Waals surface area contributed by atoms with Gasteiger partial charge in [0.2, 0.25) is 15.9 Å². The van der Waals surface area contributed by atoms with E-state index in [1.54, 1.807) is 6.07 Å². The second-order valence-corrected chi connectivity index (χ2v) is 7.48. The number of aliphatic hydroxyl groups excluding tert-OH is 1. The molecule has 3 N–H and O–H groups in total. The summed E-state index contributed by atoms with van der Waals surface area (Å²) in [6, 6.07) is 4.61. The average molecular weight is 310 g/mol. The maximum atomic E-state index is 12.5. The smallest absolute Gasteiger partial charge is 0.241 e. The van der Waals surface area contributed by atoms with Gasteiger partial charge in [0.05, 0.1) is 23.5 Å². The number of benzene rings is 1. The standard InChI is InChI=1S/C14H18N2O4S/c17-9-14(5-1-2-6-14)16-21(19,20)11-3-4-12-10(7-11)8-13(18)15-12/h3-4,7,16-17H,1-2,5-6,8-9H2,(H,15,18). The van der Waals surface area contributed by atoms with Gasteiger partial charge in [0, 0.05) is 5.69 Å². The maximum Gasteiger partial charge on any atom is 0.241 e. The van der Waals surface area contributed by atoms with Gasteiger partial charge in [-0.15, -0.1) is 0 Å². The van der Waals surface area contributed by atoms with Crippen LogP contribution < -0.4 is 10.0 Å². The zero-order valence-electron chi connectivity index (χ0n) is 11.6. The van der Waals surface area contributed by atoms with E-state index < -0.39 is 15.6 Å². The van der Waals surface area contributed by atoms with Gasteiger partial charge < -0.3 is 10.4 Å². The maximum absolute atomic E-state index is 12.5. The Morgan fingerprint density at radius 3 is 2.67 bits per heavy atom. The van der Waals surface area contributed by atoms with Crippen LogP contribution in [0.15, 0.2) is 23.1 Å². The molecule has 114 valence electrons. The van der Waals surface area contributed by atoms with Gasteiger partial charge in [0.15, 0.2) is 0 Å². The van der Waals surface area contributed by atoms with Crippen molar-refractivity contribution in [3.63, 3.8) is 0 Å². The molecule has 6 nitrogen and oxygen atoms in total. The van der Waals surface area contributed by atoms with Crippen LogP contribution in [0.2, 0.25) is 0 Å². The van der Waals surface area contributed by atoms with Crippen molar-refractivity contribution in [2.24, 2.45) is 0 Å². The van der Waals surface area contributed by atoms with Crippen molar-refractivity contribution in [1.82, 2.24) is 4.72 Å². The molecule has 3 rings (SSSR count). The number of fused-ring (bicyclic) bond motifs is 1. The van der Waals surface area contributed by atoms with E-state index in [1.807, 2.05) is 0 Å². The van der Waals surface area contributed by atoms with E-state index in [4.69, 9.17) is 0 Å². The fourth-order valence-electron chi connectivity index (χ4n) is 3.06. The van der Waals surface area contributed by atoms with Crippen molar-refractivity contribution in [3.8, 4) is 0 Å². The number of amides is 1. The number of aliphatic hydroxyl groups is 1. The summed E-state index contributed by atoms with van der Waals surface area (Å²) in [5.41, 5.74) is 0.607. The van der Waals surface area contributed by atoms with Crippen LogP contribution in [-0.2, 0) is 21.2 Å². The third-order valence-corrected chi connectivity index (χ3v) is 5.80. The van der Waals surface area contributed by atoms with Gasteiger partial charge in [-0.25, -0.2) is 13.1 Å². The van der Waals surface area contributed by atoms with Crippen molar-refractivity contribution in [2.45, 2.75) is 42.5 Å². The molecule has 1 saturated carbocycles. The van der Waals surface area contributed by atoms with E-state index in [0.717, 1.165) is 12.8 Å².